The first kappa shape index (κ1) is 11.0. The molecule has 0 aromatic heterocycles. The van der Waals surface area contributed by atoms with Gasteiger partial charge in [-0.2, -0.15) is 0 Å². The van der Waals surface area contributed by atoms with E-state index in [1.807, 2.05) is 12.1 Å². The summed E-state index contributed by atoms with van der Waals surface area (Å²) in [5.74, 6) is 0.649. The summed E-state index contributed by atoms with van der Waals surface area (Å²) in [6, 6.07) is 8.64. The Kier molecular flexibility index (Phi) is 4.78. The Morgan fingerprint density at radius 1 is 1.38 bits per heavy atom. The number of rotatable bonds is 4. The molecule has 0 spiro atoms. The maximum Gasteiger partial charge on any atom is 0.0374 e. The minimum Gasteiger partial charge on any atom is -0.309 e. The van der Waals surface area contributed by atoms with Crippen LogP contribution in [0.25, 0.3) is 0 Å². The van der Waals surface area contributed by atoms with Crippen molar-refractivity contribution in [2.24, 2.45) is 0 Å². The largest absolute Gasteiger partial charge is 0.309 e. The van der Waals surface area contributed by atoms with Crippen molar-refractivity contribution in [2.75, 3.05) is 5.88 Å². The van der Waals surface area contributed by atoms with Gasteiger partial charge in [-0.15, -0.1) is 11.6 Å². The lowest BCUT2D eigenvalue weighted by molar-refractivity contribution is 0.593. The first-order valence-electron chi connectivity index (χ1n) is 4.26. The van der Waals surface area contributed by atoms with Crippen LogP contribution in [0, 0.1) is 0 Å². The van der Waals surface area contributed by atoms with Gasteiger partial charge in [0.2, 0.25) is 0 Å². The molecule has 1 aromatic rings. The zero-order valence-electron chi connectivity index (χ0n) is 7.56. The van der Waals surface area contributed by atoms with Crippen LogP contribution < -0.4 is 5.32 Å². The van der Waals surface area contributed by atoms with E-state index in [4.69, 9.17) is 11.6 Å². The van der Waals surface area contributed by atoms with Gasteiger partial charge in [-0.25, -0.2) is 0 Å². The van der Waals surface area contributed by atoms with Crippen molar-refractivity contribution in [1.29, 1.82) is 0 Å². The molecule has 1 atom stereocenters. The number of halogens is 2. The first-order valence-corrected chi connectivity index (χ1v) is 5.59. The highest BCUT2D eigenvalue weighted by Crippen LogP contribution is 2.10. The number of nitrogens with one attached hydrogen (secondary N) is 1. The van der Waals surface area contributed by atoms with E-state index in [0.717, 1.165) is 11.0 Å². The van der Waals surface area contributed by atoms with Crippen molar-refractivity contribution >= 4 is 27.5 Å². The minimum absolute atomic E-state index is 0.366. The summed E-state index contributed by atoms with van der Waals surface area (Å²) in [4.78, 5) is 0. The molecule has 0 aliphatic heterocycles. The zero-order valence-corrected chi connectivity index (χ0v) is 9.90. The van der Waals surface area contributed by atoms with Gasteiger partial charge in [0.05, 0.1) is 0 Å². The summed E-state index contributed by atoms with van der Waals surface area (Å²) in [5.41, 5.74) is 1.28. The first-order chi connectivity index (χ1) is 6.22. The van der Waals surface area contributed by atoms with Gasteiger partial charge in [-0.05, 0) is 24.6 Å². The zero-order chi connectivity index (χ0) is 9.68. The Labute approximate surface area is 92.6 Å². The van der Waals surface area contributed by atoms with Crippen LogP contribution in [0.3, 0.4) is 0 Å². The molecule has 1 rings (SSSR count). The highest BCUT2D eigenvalue weighted by molar-refractivity contribution is 9.10. The lowest BCUT2D eigenvalue weighted by Gasteiger charge is -2.09. The molecule has 1 unspecified atom stereocenters. The van der Waals surface area contributed by atoms with Gasteiger partial charge < -0.3 is 5.32 Å². The van der Waals surface area contributed by atoms with E-state index in [2.05, 4.69) is 40.3 Å². The third-order valence-electron chi connectivity index (χ3n) is 1.80. The Balaban J connectivity index is 2.41. The fraction of sp³-hybridized carbons (Fsp3) is 0.400. The highest BCUT2D eigenvalue weighted by Gasteiger charge is 1.98. The summed E-state index contributed by atoms with van der Waals surface area (Å²) in [5, 5.41) is 3.32. The van der Waals surface area contributed by atoms with Crippen molar-refractivity contribution in [1.82, 2.24) is 5.32 Å². The molecule has 1 N–H and O–H groups in total. The normalized spacial score (nSPS) is 12.8. The number of hydrogen-bond donors (Lipinski definition) is 1. The summed E-state index contributed by atoms with van der Waals surface area (Å²) in [6.07, 6.45) is 0. The highest BCUT2D eigenvalue weighted by atomic mass is 79.9. The average molecular weight is 263 g/mol. The SMILES string of the molecule is CC(CCl)NCc1ccc(Br)cc1. The second kappa shape index (κ2) is 5.63. The number of benzene rings is 1. The van der Waals surface area contributed by atoms with Crippen LogP contribution in [-0.4, -0.2) is 11.9 Å². The maximum absolute atomic E-state index is 5.67. The van der Waals surface area contributed by atoms with Crippen molar-refractivity contribution in [3.63, 3.8) is 0 Å². The topological polar surface area (TPSA) is 12.0 Å². The molecule has 0 amide bonds. The lowest BCUT2D eigenvalue weighted by atomic mass is 10.2. The van der Waals surface area contributed by atoms with Crippen LogP contribution >= 0.6 is 27.5 Å². The monoisotopic (exact) mass is 261 g/mol. The minimum atomic E-state index is 0.366. The predicted molar refractivity (Wildman–Crippen MR) is 61.2 cm³/mol. The van der Waals surface area contributed by atoms with Crippen molar-refractivity contribution in [3.05, 3.63) is 34.3 Å². The molecule has 0 heterocycles. The van der Waals surface area contributed by atoms with Crippen LogP contribution in [-0.2, 0) is 6.54 Å². The molecule has 0 fully saturated rings. The molecule has 13 heavy (non-hydrogen) atoms. The predicted octanol–water partition coefficient (Wildman–Crippen LogP) is 3.17. The fourth-order valence-corrected chi connectivity index (χ4v) is 1.32. The molecule has 0 aliphatic rings. The summed E-state index contributed by atoms with van der Waals surface area (Å²) in [7, 11) is 0. The quantitative estimate of drug-likeness (QED) is 0.822. The van der Waals surface area contributed by atoms with E-state index in [-0.39, 0.29) is 0 Å². The smallest absolute Gasteiger partial charge is 0.0374 e. The molecule has 3 heteroatoms. The molecule has 0 saturated carbocycles. The van der Waals surface area contributed by atoms with Gasteiger partial charge in [-0.1, -0.05) is 28.1 Å². The van der Waals surface area contributed by atoms with Crippen molar-refractivity contribution in [3.8, 4) is 0 Å². The molecular weight excluding hydrogens is 249 g/mol. The van der Waals surface area contributed by atoms with Crippen molar-refractivity contribution < 1.29 is 0 Å². The van der Waals surface area contributed by atoms with Crippen LogP contribution in [0.15, 0.2) is 28.7 Å². The van der Waals surface area contributed by atoms with Gasteiger partial charge in [-0.3, -0.25) is 0 Å². The summed E-state index contributed by atoms with van der Waals surface area (Å²) < 4.78 is 1.11. The molecule has 1 aromatic carbocycles. The van der Waals surface area contributed by atoms with Gasteiger partial charge in [0.15, 0.2) is 0 Å². The molecule has 0 aliphatic carbocycles. The van der Waals surface area contributed by atoms with E-state index in [1.165, 1.54) is 5.56 Å². The maximum atomic E-state index is 5.67. The Bertz CT molecular complexity index is 248. The average Bonchev–Trinajstić information content (AvgIpc) is 2.16. The van der Waals surface area contributed by atoms with E-state index in [0.29, 0.717) is 11.9 Å². The van der Waals surface area contributed by atoms with Crippen LogP contribution in [0.2, 0.25) is 0 Å². The second-order valence-corrected chi connectivity index (χ2v) is 4.29. The summed E-state index contributed by atoms with van der Waals surface area (Å²) >= 11 is 9.07. The molecule has 0 radical (unpaired) electrons. The molecule has 1 nitrogen and oxygen atoms in total. The van der Waals surface area contributed by atoms with E-state index in [9.17, 15) is 0 Å². The van der Waals surface area contributed by atoms with E-state index < -0.39 is 0 Å². The standard InChI is InChI=1S/C10H13BrClN/c1-8(6-12)13-7-9-2-4-10(11)5-3-9/h2-5,8,13H,6-7H2,1H3. The molecule has 0 bridgehead atoms. The van der Waals surface area contributed by atoms with E-state index >= 15 is 0 Å². The Hall–Kier alpha value is -0.0500. The molecular formula is C10H13BrClN. The van der Waals surface area contributed by atoms with Gasteiger partial charge >= 0.3 is 0 Å². The van der Waals surface area contributed by atoms with E-state index in [1.54, 1.807) is 0 Å². The number of hydrogen-bond acceptors (Lipinski definition) is 1. The van der Waals surface area contributed by atoms with Crippen molar-refractivity contribution in [2.45, 2.75) is 19.5 Å². The third-order valence-corrected chi connectivity index (χ3v) is 2.79. The van der Waals surface area contributed by atoms with Gasteiger partial charge in [0, 0.05) is 22.9 Å². The number of alkyl halides is 1. The Morgan fingerprint density at radius 2 is 2.00 bits per heavy atom. The third kappa shape index (κ3) is 4.12. The molecule has 0 saturated heterocycles. The van der Waals surface area contributed by atoms with Gasteiger partial charge in [0.25, 0.3) is 0 Å². The van der Waals surface area contributed by atoms with Crippen LogP contribution in [0.4, 0.5) is 0 Å². The van der Waals surface area contributed by atoms with Crippen LogP contribution in [0.1, 0.15) is 12.5 Å². The Morgan fingerprint density at radius 3 is 2.54 bits per heavy atom. The summed E-state index contributed by atoms with van der Waals surface area (Å²) in [6.45, 7) is 2.95. The second-order valence-electron chi connectivity index (χ2n) is 3.06. The van der Waals surface area contributed by atoms with Gasteiger partial charge in [0.1, 0.15) is 0 Å². The fourth-order valence-electron chi connectivity index (χ4n) is 0.949. The van der Waals surface area contributed by atoms with Crippen LogP contribution in [0.5, 0.6) is 0 Å². The lowest BCUT2D eigenvalue weighted by Crippen LogP contribution is -2.26. The molecule has 72 valence electrons.